The van der Waals surface area contributed by atoms with Gasteiger partial charge in [0.25, 0.3) is 0 Å². The molecule has 2 aromatic carbocycles. The van der Waals surface area contributed by atoms with E-state index in [2.05, 4.69) is 4.72 Å². The van der Waals surface area contributed by atoms with Gasteiger partial charge in [-0.1, -0.05) is 31.0 Å². The highest BCUT2D eigenvalue weighted by Gasteiger charge is 2.33. The molecule has 138 valence electrons. The van der Waals surface area contributed by atoms with Crippen LogP contribution >= 0.6 is 0 Å². The summed E-state index contributed by atoms with van der Waals surface area (Å²) >= 11 is 0. The summed E-state index contributed by atoms with van der Waals surface area (Å²) in [6.07, 6.45) is 2.65. The minimum absolute atomic E-state index is 0.0904. The van der Waals surface area contributed by atoms with Crippen LogP contribution in [0.5, 0.6) is 11.5 Å². The molecule has 0 saturated heterocycles. The predicted octanol–water partition coefficient (Wildman–Crippen LogP) is 3.40. The number of hydrogen-bond donors (Lipinski definition) is 2. The maximum absolute atomic E-state index is 12.6. The SMILES string of the molecule is O=C(O)C1CCCCC1NS(=O)(=O)c1ccc(Oc2ccccc2)cc1. The fourth-order valence-electron chi connectivity index (χ4n) is 3.15. The molecule has 2 atom stereocenters. The molecular formula is C19H21NO5S. The number of carbonyl (C=O) groups is 1. The van der Waals surface area contributed by atoms with Crippen molar-refractivity contribution in [3.63, 3.8) is 0 Å². The lowest BCUT2D eigenvalue weighted by Gasteiger charge is -2.29. The van der Waals surface area contributed by atoms with Crippen molar-refractivity contribution in [3.8, 4) is 11.5 Å². The highest BCUT2D eigenvalue weighted by Crippen LogP contribution is 2.27. The van der Waals surface area contributed by atoms with E-state index >= 15 is 0 Å². The molecule has 0 radical (unpaired) electrons. The molecule has 2 unspecified atom stereocenters. The van der Waals surface area contributed by atoms with E-state index in [1.165, 1.54) is 12.1 Å². The van der Waals surface area contributed by atoms with Gasteiger partial charge in [-0.15, -0.1) is 0 Å². The summed E-state index contributed by atoms with van der Waals surface area (Å²) in [7, 11) is -3.78. The van der Waals surface area contributed by atoms with Crippen LogP contribution in [0.25, 0.3) is 0 Å². The van der Waals surface area contributed by atoms with Crippen LogP contribution in [-0.2, 0) is 14.8 Å². The number of hydrogen-bond acceptors (Lipinski definition) is 4. The standard InChI is InChI=1S/C19H21NO5S/c21-19(22)17-8-4-5-9-18(17)20-26(23,24)16-12-10-15(11-13-16)25-14-6-2-1-3-7-14/h1-3,6-7,10-13,17-18,20H,4-5,8-9H2,(H,21,22). The molecule has 26 heavy (non-hydrogen) atoms. The van der Waals surface area contributed by atoms with E-state index < -0.39 is 28.0 Å². The highest BCUT2D eigenvalue weighted by atomic mass is 32.2. The van der Waals surface area contributed by atoms with Gasteiger partial charge in [0.05, 0.1) is 10.8 Å². The smallest absolute Gasteiger partial charge is 0.308 e. The number of para-hydroxylation sites is 1. The Balaban J connectivity index is 1.72. The van der Waals surface area contributed by atoms with E-state index in [1.807, 2.05) is 18.2 Å². The molecule has 1 aliphatic rings. The second kappa shape index (κ2) is 7.88. The average Bonchev–Trinajstić information content (AvgIpc) is 2.63. The van der Waals surface area contributed by atoms with Gasteiger partial charge < -0.3 is 9.84 Å². The first kappa shape index (κ1) is 18.4. The van der Waals surface area contributed by atoms with E-state index in [1.54, 1.807) is 24.3 Å². The number of nitrogens with one attached hydrogen (secondary N) is 1. The molecule has 0 aliphatic heterocycles. The van der Waals surface area contributed by atoms with Crippen molar-refractivity contribution < 1.29 is 23.1 Å². The number of benzene rings is 2. The van der Waals surface area contributed by atoms with Crippen LogP contribution in [0.3, 0.4) is 0 Å². The third-order valence-corrected chi connectivity index (χ3v) is 6.01. The first-order valence-electron chi connectivity index (χ1n) is 8.54. The molecule has 1 fully saturated rings. The Morgan fingerprint density at radius 2 is 1.58 bits per heavy atom. The second-order valence-electron chi connectivity index (χ2n) is 6.34. The van der Waals surface area contributed by atoms with Gasteiger partial charge in [-0.3, -0.25) is 4.79 Å². The summed E-state index contributed by atoms with van der Waals surface area (Å²) in [6, 6.07) is 14.7. The van der Waals surface area contributed by atoms with E-state index in [-0.39, 0.29) is 4.90 Å². The molecule has 6 nitrogen and oxygen atoms in total. The summed E-state index contributed by atoms with van der Waals surface area (Å²) in [5.74, 6) is -0.452. The first-order chi connectivity index (χ1) is 12.5. The van der Waals surface area contributed by atoms with Crippen LogP contribution in [0.4, 0.5) is 0 Å². The van der Waals surface area contributed by atoms with Gasteiger partial charge in [0.15, 0.2) is 0 Å². The Kier molecular flexibility index (Phi) is 5.58. The topological polar surface area (TPSA) is 92.7 Å². The van der Waals surface area contributed by atoms with Gasteiger partial charge in [0.2, 0.25) is 10.0 Å². The quantitative estimate of drug-likeness (QED) is 0.807. The van der Waals surface area contributed by atoms with E-state index in [0.717, 1.165) is 12.8 Å². The lowest BCUT2D eigenvalue weighted by molar-refractivity contribution is -0.143. The van der Waals surface area contributed by atoms with Gasteiger partial charge >= 0.3 is 5.97 Å². The lowest BCUT2D eigenvalue weighted by Crippen LogP contribution is -2.44. The molecule has 0 bridgehead atoms. The van der Waals surface area contributed by atoms with Gasteiger partial charge in [0, 0.05) is 6.04 Å². The number of aliphatic carboxylic acids is 1. The van der Waals surface area contributed by atoms with E-state index in [9.17, 15) is 18.3 Å². The molecule has 0 amide bonds. The largest absolute Gasteiger partial charge is 0.481 e. The Bertz CT molecular complexity index is 849. The number of carboxylic acids is 1. The lowest BCUT2D eigenvalue weighted by atomic mass is 9.85. The Hall–Kier alpha value is -2.38. The summed E-state index contributed by atoms with van der Waals surface area (Å²) in [5, 5.41) is 9.30. The second-order valence-corrected chi connectivity index (χ2v) is 8.06. The zero-order valence-electron chi connectivity index (χ0n) is 14.2. The van der Waals surface area contributed by atoms with Crippen LogP contribution in [0, 0.1) is 5.92 Å². The third-order valence-electron chi connectivity index (χ3n) is 4.50. The normalized spacial score (nSPS) is 20.5. The van der Waals surface area contributed by atoms with Crippen molar-refractivity contribution in [2.45, 2.75) is 36.6 Å². The Morgan fingerprint density at radius 3 is 2.23 bits per heavy atom. The molecule has 2 aromatic rings. The third kappa shape index (κ3) is 4.42. The highest BCUT2D eigenvalue weighted by molar-refractivity contribution is 7.89. The van der Waals surface area contributed by atoms with Gasteiger partial charge in [0.1, 0.15) is 11.5 Å². The van der Waals surface area contributed by atoms with Crippen LogP contribution in [0.2, 0.25) is 0 Å². The predicted molar refractivity (Wildman–Crippen MR) is 96.7 cm³/mol. The minimum Gasteiger partial charge on any atom is -0.481 e. The van der Waals surface area contributed by atoms with Crippen LogP contribution in [0.1, 0.15) is 25.7 Å². The van der Waals surface area contributed by atoms with Crippen molar-refractivity contribution in [1.82, 2.24) is 4.72 Å². The molecule has 2 N–H and O–H groups in total. The van der Waals surface area contributed by atoms with Crippen molar-refractivity contribution in [1.29, 1.82) is 0 Å². The van der Waals surface area contributed by atoms with Crippen molar-refractivity contribution >= 4 is 16.0 Å². The number of sulfonamides is 1. The minimum atomic E-state index is -3.78. The maximum Gasteiger partial charge on any atom is 0.308 e. The molecule has 3 rings (SSSR count). The Labute approximate surface area is 152 Å². The summed E-state index contributed by atoms with van der Waals surface area (Å²) in [6.45, 7) is 0. The number of rotatable bonds is 6. The zero-order chi connectivity index (χ0) is 18.6. The summed E-state index contributed by atoms with van der Waals surface area (Å²) < 4.78 is 33.4. The van der Waals surface area contributed by atoms with Crippen molar-refractivity contribution in [2.75, 3.05) is 0 Å². The van der Waals surface area contributed by atoms with E-state index in [4.69, 9.17) is 4.74 Å². The molecule has 0 aromatic heterocycles. The number of ether oxygens (including phenoxy) is 1. The molecule has 7 heteroatoms. The Morgan fingerprint density at radius 1 is 0.962 bits per heavy atom. The van der Waals surface area contributed by atoms with Crippen LogP contribution < -0.4 is 9.46 Å². The molecule has 0 heterocycles. The van der Waals surface area contributed by atoms with Gasteiger partial charge in [-0.05, 0) is 49.2 Å². The molecular weight excluding hydrogens is 354 g/mol. The molecule has 1 saturated carbocycles. The van der Waals surface area contributed by atoms with Gasteiger partial charge in [-0.25, -0.2) is 13.1 Å². The van der Waals surface area contributed by atoms with Crippen LogP contribution in [-0.4, -0.2) is 25.5 Å². The molecule has 0 spiro atoms. The summed E-state index contributed by atoms with van der Waals surface area (Å²) in [4.78, 5) is 11.4. The van der Waals surface area contributed by atoms with Crippen molar-refractivity contribution in [3.05, 3.63) is 54.6 Å². The summed E-state index contributed by atoms with van der Waals surface area (Å²) in [5.41, 5.74) is 0. The fraction of sp³-hybridized carbons (Fsp3) is 0.316. The first-order valence-corrected chi connectivity index (χ1v) is 10.0. The molecule has 1 aliphatic carbocycles. The average molecular weight is 375 g/mol. The zero-order valence-corrected chi connectivity index (χ0v) is 15.0. The van der Waals surface area contributed by atoms with Crippen molar-refractivity contribution in [2.24, 2.45) is 5.92 Å². The number of carboxylic acid groups (broad SMARTS) is 1. The van der Waals surface area contributed by atoms with Gasteiger partial charge in [-0.2, -0.15) is 0 Å². The van der Waals surface area contributed by atoms with Crippen LogP contribution in [0.15, 0.2) is 59.5 Å². The maximum atomic E-state index is 12.6. The monoisotopic (exact) mass is 375 g/mol. The van der Waals surface area contributed by atoms with E-state index in [0.29, 0.717) is 24.3 Å². The fourth-order valence-corrected chi connectivity index (χ4v) is 4.46.